The predicted octanol–water partition coefficient (Wildman–Crippen LogP) is 4.55. The van der Waals surface area contributed by atoms with Gasteiger partial charge in [-0.2, -0.15) is 18.3 Å². The molecule has 116 valence electrons. The fourth-order valence-corrected chi connectivity index (χ4v) is 1.82. The van der Waals surface area contributed by atoms with Crippen molar-refractivity contribution in [3.8, 4) is 5.75 Å². The van der Waals surface area contributed by atoms with Crippen molar-refractivity contribution >= 4 is 11.9 Å². The van der Waals surface area contributed by atoms with Gasteiger partial charge >= 0.3 is 6.18 Å². The van der Waals surface area contributed by atoms with Crippen LogP contribution in [0.15, 0.2) is 53.6 Å². The van der Waals surface area contributed by atoms with Crippen LogP contribution in [0.4, 0.5) is 18.9 Å². The monoisotopic (exact) mass is 308 g/mol. The van der Waals surface area contributed by atoms with Gasteiger partial charge in [-0.1, -0.05) is 18.2 Å². The predicted molar refractivity (Wildman–Crippen MR) is 80.3 cm³/mol. The molecule has 1 N–H and O–H groups in total. The zero-order valence-corrected chi connectivity index (χ0v) is 11.9. The molecular weight excluding hydrogens is 293 g/mol. The van der Waals surface area contributed by atoms with Gasteiger partial charge in [0.05, 0.1) is 24.1 Å². The molecule has 22 heavy (non-hydrogen) atoms. The lowest BCUT2D eigenvalue weighted by molar-refractivity contribution is -0.137. The van der Waals surface area contributed by atoms with Crippen molar-refractivity contribution in [2.75, 3.05) is 12.0 Å². The molecule has 0 unspecified atom stereocenters. The molecule has 0 aliphatic carbocycles. The summed E-state index contributed by atoms with van der Waals surface area (Å²) in [7, 11) is 0. The zero-order valence-electron chi connectivity index (χ0n) is 11.9. The smallest absolute Gasteiger partial charge is 0.416 e. The normalized spacial score (nSPS) is 11.6. The van der Waals surface area contributed by atoms with E-state index in [-0.39, 0.29) is 5.69 Å². The van der Waals surface area contributed by atoms with Crippen molar-refractivity contribution in [2.45, 2.75) is 13.1 Å². The van der Waals surface area contributed by atoms with Crippen molar-refractivity contribution in [1.29, 1.82) is 0 Å². The van der Waals surface area contributed by atoms with Crippen LogP contribution in [0, 0.1) is 0 Å². The molecule has 3 nitrogen and oxygen atoms in total. The first-order chi connectivity index (χ1) is 10.5. The fourth-order valence-electron chi connectivity index (χ4n) is 1.82. The highest BCUT2D eigenvalue weighted by atomic mass is 19.4. The van der Waals surface area contributed by atoms with E-state index in [2.05, 4.69) is 10.5 Å². The molecule has 0 aliphatic rings. The second kappa shape index (κ2) is 6.98. The molecule has 0 aliphatic heterocycles. The molecule has 2 aromatic rings. The van der Waals surface area contributed by atoms with Gasteiger partial charge in [-0.3, -0.25) is 5.43 Å². The van der Waals surface area contributed by atoms with Crippen LogP contribution in [0.3, 0.4) is 0 Å². The Labute approximate surface area is 126 Å². The lowest BCUT2D eigenvalue weighted by atomic mass is 10.2. The van der Waals surface area contributed by atoms with Crippen LogP contribution in [0.25, 0.3) is 0 Å². The van der Waals surface area contributed by atoms with Crippen LogP contribution in [-0.4, -0.2) is 12.8 Å². The van der Waals surface area contributed by atoms with Gasteiger partial charge in [0.1, 0.15) is 5.75 Å². The molecule has 0 amide bonds. The Morgan fingerprint density at radius 1 is 1.14 bits per heavy atom. The van der Waals surface area contributed by atoms with E-state index in [1.165, 1.54) is 18.3 Å². The minimum absolute atomic E-state index is 0.264. The molecule has 0 spiro atoms. The van der Waals surface area contributed by atoms with Crippen LogP contribution < -0.4 is 10.2 Å². The Morgan fingerprint density at radius 3 is 2.64 bits per heavy atom. The van der Waals surface area contributed by atoms with Crippen LogP contribution in [-0.2, 0) is 6.18 Å². The minimum atomic E-state index is -4.37. The van der Waals surface area contributed by atoms with E-state index in [0.717, 1.165) is 17.7 Å². The molecule has 0 heterocycles. The molecule has 0 saturated carbocycles. The minimum Gasteiger partial charge on any atom is -0.493 e. The molecule has 0 radical (unpaired) electrons. The summed E-state index contributed by atoms with van der Waals surface area (Å²) in [5.74, 6) is 0.666. The van der Waals surface area contributed by atoms with Crippen molar-refractivity contribution in [2.24, 2.45) is 5.10 Å². The van der Waals surface area contributed by atoms with E-state index in [9.17, 15) is 13.2 Å². The van der Waals surface area contributed by atoms with Crippen LogP contribution in [0.1, 0.15) is 18.1 Å². The summed E-state index contributed by atoms with van der Waals surface area (Å²) in [6.07, 6.45) is -2.87. The standard InChI is InChI=1S/C16H15F3N2O/c1-2-22-15-9-4-3-6-12(15)11-20-21-14-8-5-7-13(10-14)16(17,18)19/h3-11,21H,2H2,1H3. The summed E-state index contributed by atoms with van der Waals surface area (Å²) >= 11 is 0. The quantitative estimate of drug-likeness (QED) is 0.649. The summed E-state index contributed by atoms with van der Waals surface area (Å²) in [4.78, 5) is 0. The number of ether oxygens (including phenoxy) is 1. The average molecular weight is 308 g/mol. The maximum atomic E-state index is 12.6. The summed E-state index contributed by atoms with van der Waals surface area (Å²) in [5.41, 5.74) is 2.87. The number of alkyl halides is 3. The van der Waals surface area contributed by atoms with Crippen molar-refractivity contribution in [3.63, 3.8) is 0 Å². The number of hydrogen-bond acceptors (Lipinski definition) is 3. The molecule has 2 rings (SSSR count). The highest BCUT2D eigenvalue weighted by molar-refractivity contribution is 5.84. The van der Waals surface area contributed by atoms with Crippen molar-refractivity contribution < 1.29 is 17.9 Å². The second-order valence-corrected chi connectivity index (χ2v) is 4.42. The van der Waals surface area contributed by atoms with Gasteiger partial charge in [0.2, 0.25) is 0 Å². The fraction of sp³-hybridized carbons (Fsp3) is 0.188. The largest absolute Gasteiger partial charge is 0.493 e. The van der Waals surface area contributed by atoms with E-state index in [0.29, 0.717) is 12.4 Å². The summed E-state index contributed by atoms with van der Waals surface area (Å²) in [6.45, 7) is 2.39. The SMILES string of the molecule is CCOc1ccccc1C=NNc1cccc(C(F)(F)F)c1. The number of nitrogens with one attached hydrogen (secondary N) is 1. The molecule has 0 atom stereocenters. The van der Waals surface area contributed by atoms with Crippen molar-refractivity contribution in [1.82, 2.24) is 0 Å². The highest BCUT2D eigenvalue weighted by Crippen LogP contribution is 2.30. The molecule has 0 aromatic heterocycles. The maximum absolute atomic E-state index is 12.6. The Bertz CT molecular complexity index is 654. The first-order valence-electron chi connectivity index (χ1n) is 6.69. The van der Waals surface area contributed by atoms with Crippen LogP contribution in [0.2, 0.25) is 0 Å². The van der Waals surface area contributed by atoms with Gasteiger partial charge in [0, 0.05) is 5.56 Å². The molecule has 0 bridgehead atoms. The number of benzene rings is 2. The number of nitrogens with zero attached hydrogens (tertiary/aromatic N) is 1. The molecule has 6 heteroatoms. The summed E-state index contributed by atoms with van der Waals surface area (Å²) in [6, 6.07) is 12.1. The van der Waals surface area contributed by atoms with Gasteiger partial charge in [0.15, 0.2) is 0 Å². The summed E-state index contributed by atoms with van der Waals surface area (Å²) < 4.78 is 43.3. The molecule has 0 saturated heterocycles. The summed E-state index contributed by atoms with van der Waals surface area (Å²) in [5, 5.41) is 3.96. The first-order valence-corrected chi connectivity index (χ1v) is 6.69. The Hall–Kier alpha value is -2.50. The van der Waals surface area contributed by atoms with E-state index < -0.39 is 11.7 Å². The lowest BCUT2D eigenvalue weighted by Gasteiger charge is -2.08. The van der Waals surface area contributed by atoms with Gasteiger partial charge in [-0.25, -0.2) is 0 Å². The zero-order chi connectivity index (χ0) is 16.0. The van der Waals surface area contributed by atoms with Gasteiger partial charge < -0.3 is 4.74 Å². The van der Waals surface area contributed by atoms with Crippen LogP contribution in [0.5, 0.6) is 5.75 Å². The number of hydrazone groups is 1. The average Bonchev–Trinajstić information content (AvgIpc) is 2.49. The topological polar surface area (TPSA) is 33.6 Å². The Kier molecular flexibility index (Phi) is 5.04. The molecule has 2 aromatic carbocycles. The Balaban J connectivity index is 2.10. The Morgan fingerprint density at radius 2 is 1.91 bits per heavy atom. The van der Waals surface area contributed by atoms with Gasteiger partial charge in [-0.15, -0.1) is 0 Å². The van der Waals surface area contributed by atoms with E-state index >= 15 is 0 Å². The number of para-hydroxylation sites is 1. The highest BCUT2D eigenvalue weighted by Gasteiger charge is 2.30. The van der Waals surface area contributed by atoms with E-state index in [1.807, 2.05) is 25.1 Å². The van der Waals surface area contributed by atoms with E-state index in [1.54, 1.807) is 6.07 Å². The number of anilines is 1. The van der Waals surface area contributed by atoms with E-state index in [4.69, 9.17) is 4.74 Å². The first kappa shape index (κ1) is 15.9. The van der Waals surface area contributed by atoms with Crippen LogP contribution >= 0.6 is 0 Å². The third-order valence-corrected chi connectivity index (χ3v) is 2.81. The third kappa shape index (κ3) is 4.25. The molecular formula is C16H15F3N2O. The molecule has 0 fully saturated rings. The van der Waals surface area contributed by atoms with Gasteiger partial charge in [0.25, 0.3) is 0 Å². The van der Waals surface area contributed by atoms with Gasteiger partial charge in [-0.05, 0) is 37.3 Å². The lowest BCUT2D eigenvalue weighted by Crippen LogP contribution is -2.05. The second-order valence-electron chi connectivity index (χ2n) is 4.42. The van der Waals surface area contributed by atoms with Crippen molar-refractivity contribution in [3.05, 3.63) is 59.7 Å². The number of halogens is 3. The third-order valence-electron chi connectivity index (χ3n) is 2.81. The maximum Gasteiger partial charge on any atom is 0.416 e. The number of rotatable bonds is 5. The number of hydrogen-bond donors (Lipinski definition) is 1.